The summed E-state index contributed by atoms with van der Waals surface area (Å²) in [7, 11) is 0. The van der Waals surface area contributed by atoms with E-state index in [-0.39, 0.29) is 17.7 Å². The average Bonchev–Trinajstić information content (AvgIpc) is 3.48. The summed E-state index contributed by atoms with van der Waals surface area (Å²) in [6.45, 7) is 5.30. The lowest BCUT2D eigenvalue weighted by Gasteiger charge is -2.34. The zero-order valence-corrected chi connectivity index (χ0v) is 25.0. The largest absolute Gasteiger partial charge is 0.339 e. The highest BCUT2D eigenvalue weighted by molar-refractivity contribution is 8.00. The molecule has 1 aliphatic heterocycles. The van der Waals surface area contributed by atoms with Crippen molar-refractivity contribution in [2.75, 3.05) is 31.5 Å². The van der Waals surface area contributed by atoms with E-state index in [9.17, 15) is 14.4 Å². The number of anilines is 1. The van der Waals surface area contributed by atoms with Crippen LogP contribution in [-0.4, -0.2) is 58.7 Å². The van der Waals surface area contributed by atoms with Crippen LogP contribution >= 0.6 is 23.1 Å². The Hall–Kier alpha value is -3.99. The van der Waals surface area contributed by atoms with E-state index in [1.807, 2.05) is 66.7 Å². The van der Waals surface area contributed by atoms with Crippen LogP contribution in [0.15, 0.2) is 89.3 Å². The molecule has 216 valence electrons. The van der Waals surface area contributed by atoms with Crippen molar-refractivity contribution in [2.24, 2.45) is 0 Å². The maximum absolute atomic E-state index is 13.0. The molecule has 3 aromatic carbocycles. The highest BCUT2D eigenvalue weighted by Gasteiger charge is 2.23. The first-order valence-electron chi connectivity index (χ1n) is 13.8. The van der Waals surface area contributed by atoms with E-state index < -0.39 is 0 Å². The van der Waals surface area contributed by atoms with Crippen molar-refractivity contribution in [1.82, 2.24) is 20.1 Å². The fraction of sp³-hybridized carbons (Fsp3) is 0.250. The van der Waals surface area contributed by atoms with Gasteiger partial charge in [-0.1, -0.05) is 65.9 Å². The summed E-state index contributed by atoms with van der Waals surface area (Å²) in [6.07, 6.45) is 1.76. The summed E-state index contributed by atoms with van der Waals surface area (Å²) in [6, 6.07) is 25.5. The number of rotatable bonds is 10. The second kappa shape index (κ2) is 14.3. The van der Waals surface area contributed by atoms with Gasteiger partial charge in [0.05, 0.1) is 10.4 Å². The smallest absolute Gasteiger partial charge is 0.257 e. The molecule has 1 saturated heterocycles. The maximum atomic E-state index is 13.0. The molecule has 0 unspecified atom stereocenters. The number of piperazine rings is 1. The van der Waals surface area contributed by atoms with Crippen LogP contribution in [0.1, 0.15) is 44.3 Å². The van der Waals surface area contributed by atoms with E-state index in [1.54, 1.807) is 34.7 Å². The third-order valence-electron chi connectivity index (χ3n) is 6.99. The molecule has 4 aromatic rings. The van der Waals surface area contributed by atoms with Crippen molar-refractivity contribution in [1.29, 1.82) is 0 Å². The molecule has 5 rings (SSSR count). The molecule has 2 heterocycles. The maximum Gasteiger partial charge on any atom is 0.257 e. The molecule has 42 heavy (non-hydrogen) atoms. The highest BCUT2D eigenvalue weighted by atomic mass is 32.2. The van der Waals surface area contributed by atoms with Crippen molar-refractivity contribution in [3.63, 3.8) is 0 Å². The first-order chi connectivity index (χ1) is 20.4. The molecule has 2 N–H and O–H groups in total. The van der Waals surface area contributed by atoms with Crippen LogP contribution in [-0.2, 0) is 23.6 Å². The molecule has 1 aliphatic rings. The summed E-state index contributed by atoms with van der Waals surface area (Å²) in [5.74, 6) is 0.516. The number of carbonyl (C=O) groups is 3. The molecule has 0 saturated carbocycles. The normalized spacial score (nSPS) is 13.2. The molecule has 0 aliphatic carbocycles. The number of carbonyl (C=O) groups excluding carboxylic acids is 3. The van der Waals surface area contributed by atoms with Gasteiger partial charge in [-0.05, 0) is 41.0 Å². The van der Waals surface area contributed by atoms with Crippen molar-refractivity contribution >= 4 is 46.0 Å². The van der Waals surface area contributed by atoms with E-state index in [0.29, 0.717) is 48.2 Å². The van der Waals surface area contributed by atoms with Gasteiger partial charge < -0.3 is 15.1 Å². The van der Waals surface area contributed by atoms with Crippen molar-refractivity contribution in [2.45, 2.75) is 30.0 Å². The van der Waals surface area contributed by atoms with Gasteiger partial charge in [0.25, 0.3) is 11.8 Å². The molecular weight excluding hydrogens is 567 g/mol. The SMILES string of the molecule is CC(=O)N1CCN(C(=O)c2cccc(CSc3cnc(NC(=O)c4ccc(CNCc5ccccc5)cc4)s3)c2)CC1. The first kappa shape index (κ1) is 29.5. The second-order valence-corrected chi connectivity index (χ2v) is 12.3. The summed E-state index contributed by atoms with van der Waals surface area (Å²) in [5.41, 5.74) is 4.60. The van der Waals surface area contributed by atoms with Gasteiger partial charge in [0.1, 0.15) is 0 Å². The molecule has 1 aromatic heterocycles. The van der Waals surface area contributed by atoms with Crippen molar-refractivity contribution in [3.8, 4) is 0 Å². The summed E-state index contributed by atoms with van der Waals surface area (Å²) < 4.78 is 0.974. The minimum Gasteiger partial charge on any atom is -0.339 e. The Morgan fingerprint density at radius 3 is 2.19 bits per heavy atom. The number of aromatic nitrogens is 1. The third-order valence-corrected chi connectivity index (χ3v) is 9.17. The lowest BCUT2D eigenvalue weighted by molar-refractivity contribution is -0.130. The second-order valence-electron chi connectivity index (χ2n) is 10.0. The van der Waals surface area contributed by atoms with E-state index in [1.165, 1.54) is 16.9 Å². The molecular formula is C32H33N5O3S2. The van der Waals surface area contributed by atoms with Gasteiger partial charge in [-0.2, -0.15) is 0 Å². The number of thiazole rings is 1. The van der Waals surface area contributed by atoms with Gasteiger partial charge >= 0.3 is 0 Å². The number of nitrogens with one attached hydrogen (secondary N) is 2. The number of nitrogens with zero attached hydrogens (tertiary/aromatic N) is 3. The molecule has 10 heteroatoms. The third kappa shape index (κ3) is 8.06. The number of amides is 3. The van der Waals surface area contributed by atoms with Gasteiger partial charge in [-0.3, -0.25) is 19.7 Å². The minimum atomic E-state index is -0.194. The lowest BCUT2D eigenvalue weighted by Crippen LogP contribution is -2.50. The predicted molar refractivity (Wildman–Crippen MR) is 168 cm³/mol. The van der Waals surface area contributed by atoms with Gasteiger partial charge in [0.2, 0.25) is 5.91 Å². The molecule has 0 bridgehead atoms. The Morgan fingerprint density at radius 2 is 1.48 bits per heavy atom. The number of hydrogen-bond donors (Lipinski definition) is 2. The summed E-state index contributed by atoms with van der Waals surface area (Å²) in [4.78, 5) is 45.3. The Labute approximate surface area is 254 Å². The Bertz CT molecular complexity index is 1520. The molecule has 3 amide bonds. The Balaban J connectivity index is 1.08. The van der Waals surface area contributed by atoms with Crippen LogP contribution in [0.25, 0.3) is 0 Å². The fourth-order valence-electron chi connectivity index (χ4n) is 4.63. The molecule has 1 fully saturated rings. The van der Waals surface area contributed by atoms with E-state index >= 15 is 0 Å². The Kier molecular flexibility index (Phi) is 10.0. The van der Waals surface area contributed by atoms with Crippen LogP contribution in [0, 0.1) is 0 Å². The lowest BCUT2D eigenvalue weighted by atomic mass is 10.1. The Morgan fingerprint density at radius 1 is 0.810 bits per heavy atom. The van der Waals surface area contributed by atoms with Crippen LogP contribution in [0.5, 0.6) is 0 Å². The summed E-state index contributed by atoms with van der Waals surface area (Å²) >= 11 is 3.04. The zero-order chi connectivity index (χ0) is 29.3. The van der Waals surface area contributed by atoms with Gasteiger partial charge in [0.15, 0.2) is 5.13 Å². The average molecular weight is 600 g/mol. The van der Waals surface area contributed by atoms with Crippen molar-refractivity contribution in [3.05, 3.63) is 113 Å². The number of benzene rings is 3. The number of thioether (sulfide) groups is 1. The van der Waals surface area contributed by atoms with Crippen LogP contribution < -0.4 is 10.6 Å². The molecule has 0 spiro atoms. The zero-order valence-electron chi connectivity index (χ0n) is 23.4. The number of hydrogen-bond acceptors (Lipinski definition) is 7. The fourth-order valence-corrected chi connectivity index (χ4v) is 6.44. The first-order valence-corrected chi connectivity index (χ1v) is 15.6. The highest BCUT2D eigenvalue weighted by Crippen LogP contribution is 2.31. The van der Waals surface area contributed by atoms with Crippen molar-refractivity contribution < 1.29 is 14.4 Å². The topological polar surface area (TPSA) is 94.6 Å². The van der Waals surface area contributed by atoms with Gasteiger partial charge in [0, 0.05) is 63.1 Å². The van der Waals surface area contributed by atoms with Gasteiger partial charge in [-0.15, -0.1) is 11.8 Å². The standard InChI is InChI=1S/C32H33N5O3S2/c1-23(38)36-14-16-37(17-15-36)31(40)28-9-5-8-26(18-28)22-41-29-21-34-32(42-29)35-30(39)27-12-10-25(11-13-27)20-33-19-24-6-3-2-4-7-24/h2-13,18,21,33H,14-17,19-20,22H2,1H3,(H,34,35,39). The monoisotopic (exact) mass is 599 g/mol. The predicted octanol–water partition coefficient (Wildman–Crippen LogP) is 5.28. The van der Waals surface area contributed by atoms with E-state index in [2.05, 4.69) is 27.8 Å². The van der Waals surface area contributed by atoms with E-state index in [4.69, 9.17) is 0 Å². The quantitative estimate of drug-likeness (QED) is 0.241. The summed E-state index contributed by atoms with van der Waals surface area (Å²) in [5, 5.41) is 6.86. The minimum absolute atomic E-state index is 0.00989. The van der Waals surface area contributed by atoms with E-state index in [0.717, 1.165) is 28.4 Å². The molecule has 0 atom stereocenters. The molecule has 8 nitrogen and oxygen atoms in total. The van der Waals surface area contributed by atoms with Gasteiger partial charge in [-0.25, -0.2) is 4.98 Å². The van der Waals surface area contributed by atoms with Crippen LogP contribution in [0.2, 0.25) is 0 Å². The van der Waals surface area contributed by atoms with Crippen LogP contribution in [0.3, 0.4) is 0 Å². The molecule has 0 radical (unpaired) electrons. The van der Waals surface area contributed by atoms with Crippen LogP contribution in [0.4, 0.5) is 5.13 Å².